The molecule has 2 heteroatoms. The predicted octanol–water partition coefficient (Wildman–Crippen LogP) is 1.58. The van der Waals surface area contributed by atoms with Crippen molar-refractivity contribution in [3.63, 3.8) is 0 Å². The van der Waals surface area contributed by atoms with Crippen molar-refractivity contribution < 1.29 is 4.73 Å². The van der Waals surface area contributed by atoms with Crippen LogP contribution < -0.4 is 4.73 Å². The summed E-state index contributed by atoms with van der Waals surface area (Å²) < 4.78 is 0.898. The van der Waals surface area contributed by atoms with Crippen molar-refractivity contribution in [1.82, 2.24) is 0 Å². The van der Waals surface area contributed by atoms with Crippen molar-refractivity contribution in [1.29, 1.82) is 0 Å². The summed E-state index contributed by atoms with van der Waals surface area (Å²) in [5, 5.41) is 12.3. The highest BCUT2D eigenvalue weighted by molar-refractivity contribution is 5.75. The molecule has 0 amide bonds. The zero-order valence-electron chi connectivity index (χ0n) is 6.74. The largest absolute Gasteiger partial charge is 0.618 e. The van der Waals surface area contributed by atoms with E-state index in [0.29, 0.717) is 11.2 Å². The lowest BCUT2D eigenvalue weighted by atomic mass is 10.2. The number of rotatable bonds is 0. The highest BCUT2D eigenvalue weighted by Crippen LogP contribution is 2.08. The molecule has 0 atom stereocenters. The lowest BCUT2D eigenvalue weighted by Crippen LogP contribution is -2.30. The Balaban J connectivity index is 2.91. The Kier molecular flexibility index (Phi) is 1.47. The average molecular weight is 158 g/mol. The van der Waals surface area contributed by atoms with E-state index in [9.17, 15) is 5.21 Å². The molecule has 1 radical (unpaired) electrons. The van der Waals surface area contributed by atoms with Crippen LogP contribution in [0.2, 0.25) is 0 Å². The third-order valence-corrected chi connectivity index (χ3v) is 1.90. The molecule has 12 heavy (non-hydrogen) atoms. The maximum absolute atomic E-state index is 11.4. The standard InChI is InChI=1S/C10H8NO/c1-8-6-7-9-4-2-3-5-10(9)11(8)12/h2-5,7H,1H3. The molecular formula is C10H8NO. The number of aromatic nitrogens is 1. The highest BCUT2D eigenvalue weighted by atomic mass is 16.5. The number of para-hydroxylation sites is 1. The molecule has 0 aliphatic rings. The van der Waals surface area contributed by atoms with E-state index in [2.05, 4.69) is 6.07 Å². The average Bonchev–Trinajstić information content (AvgIpc) is 2.12. The zero-order valence-corrected chi connectivity index (χ0v) is 6.74. The van der Waals surface area contributed by atoms with E-state index < -0.39 is 0 Å². The van der Waals surface area contributed by atoms with Gasteiger partial charge in [0, 0.05) is 18.4 Å². The molecule has 0 fully saturated rings. The van der Waals surface area contributed by atoms with Crippen molar-refractivity contribution in [2.75, 3.05) is 0 Å². The predicted molar refractivity (Wildman–Crippen MR) is 46.5 cm³/mol. The lowest BCUT2D eigenvalue weighted by molar-refractivity contribution is -0.584. The van der Waals surface area contributed by atoms with Gasteiger partial charge in [-0.05, 0) is 12.1 Å². The molecule has 0 bridgehead atoms. The Bertz CT molecular complexity index is 423. The minimum absolute atomic E-state index is 0.605. The fourth-order valence-electron chi connectivity index (χ4n) is 1.22. The van der Waals surface area contributed by atoms with E-state index in [-0.39, 0.29) is 0 Å². The fraction of sp³-hybridized carbons (Fsp3) is 0.100. The van der Waals surface area contributed by atoms with Crippen LogP contribution >= 0.6 is 0 Å². The SMILES string of the molecule is Cc1[c]cc2ccccc2[n+]1[O-]. The van der Waals surface area contributed by atoms with Gasteiger partial charge in [0.25, 0.3) is 0 Å². The smallest absolute Gasteiger partial charge is 0.223 e. The summed E-state index contributed by atoms with van der Waals surface area (Å²) in [5.74, 6) is 0. The van der Waals surface area contributed by atoms with Crippen molar-refractivity contribution in [2.24, 2.45) is 0 Å². The first-order chi connectivity index (χ1) is 5.79. The highest BCUT2D eigenvalue weighted by Gasteiger charge is 2.04. The van der Waals surface area contributed by atoms with Gasteiger partial charge in [-0.2, -0.15) is 4.73 Å². The third kappa shape index (κ3) is 0.925. The van der Waals surface area contributed by atoms with Crippen LogP contribution in [0.15, 0.2) is 30.3 Å². The summed E-state index contributed by atoms with van der Waals surface area (Å²) in [4.78, 5) is 0. The van der Waals surface area contributed by atoms with Gasteiger partial charge in [-0.3, -0.25) is 0 Å². The molecular weight excluding hydrogens is 150 g/mol. The van der Waals surface area contributed by atoms with Gasteiger partial charge < -0.3 is 5.21 Å². The molecule has 0 unspecified atom stereocenters. The molecule has 0 saturated heterocycles. The Labute approximate surface area is 70.7 Å². The van der Waals surface area contributed by atoms with Gasteiger partial charge in [-0.15, -0.1) is 0 Å². The Hall–Kier alpha value is -1.57. The van der Waals surface area contributed by atoms with Gasteiger partial charge in [0.1, 0.15) is 0 Å². The number of fused-ring (bicyclic) bond motifs is 1. The molecule has 1 aromatic heterocycles. The maximum Gasteiger partial charge on any atom is 0.223 e. The van der Waals surface area contributed by atoms with Crippen LogP contribution in [0.1, 0.15) is 5.69 Å². The third-order valence-electron chi connectivity index (χ3n) is 1.90. The van der Waals surface area contributed by atoms with Crippen LogP contribution in [0.4, 0.5) is 0 Å². The van der Waals surface area contributed by atoms with Gasteiger partial charge in [0.2, 0.25) is 5.52 Å². The molecule has 59 valence electrons. The number of hydrogen-bond acceptors (Lipinski definition) is 1. The van der Waals surface area contributed by atoms with Crippen LogP contribution in [-0.4, -0.2) is 0 Å². The van der Waals surface area contributed by atoms with Crippen LogP contribution in [0.25, 0.3) is 10.9 Å². The molecule has 0 saturated carbocycles. The Morgan fingerprint density at radius 1 is 1.33 bits per heavy atom. The first-order valence-electron chi connectivity index (χ1n) is 3.78. The van der Waals surface area contributed by atoms with Crippen molar-refractivity contribution >= 4 is 10.9 Å². The second-order valence-electron chi connectivity index (χ2n) is 2.73. The lowest BCUT2D eigenvalue weighted by Gasteiger charge is -2.02. The van der Waals surface area contributed by atoms with Crippen molar-refractivity contribution in [3.05, 3.63) is 47.3 Å². The quantitative estimate of drug-likeness (QED) is 0.422. The minimum atomic E-state index is 0.605. The van der Waals surface area contributed by atoms with Gasteiger partial charge in [-0.1, -0.05) is 12.1 Å². The topological polar surface area (TPSA) is 26.9 Å². The summed E-state index contributed by atoms with van der Waals surface area (Å²) in [6, 6.07) is 12.2. The number of nitrogens with zero attached hydrogens (tertiary/aromatic N) is 1. The summed E-state index contributed by atoms with van der Waals surface area (Å²) in [6.45, 7) is 1.75. The number of aryl methyl sites for hydroxylation is 1. The van der Waals surface area contributed by atoms with E-state index in [1.165, 1.54) is 0 Å². The van der Waals surface area contributed by atoms with Crippen molar-refractivity contribution in [3.8, 4) is 0 Å². The molecule has 2 nitrogen and oxygen atoms in total. The number of hydrogen-bond donors (Lipinski definition) is 0. The molecule has 1 heterocycles. The Morgan fingerprint density at radius 3 is 2.92 bits per heavy atom. The minimum Gasteiger partial charge on any atom is -0.618 e. The van der Waals surface area contributed by atoms with Crippen LogP contribution in [0.3, 0.4) is 0 Å². The second kappa shape index (κ2) is 2.48. The molecule has 0 spiro atoms. The van der Waals surface area contributed by atoms with Gasteiger partial charge >= 0.3 is 0 Å². The van der Waals surface area contributed by atoms with Crippen LogP contribution in [0.5, 0.6) is 0 Å². The molecule has 0 aliphatic heterocycles. The normalized spacial score (nSPS) is 10.4. The second-order valence-corrected chi connectivity index (χ2v) is 2.73. The fourth-order valence-corrected chi connectivity index (χ4v) is 1.22. The number of benzene rings is 1. The first-order valence-corrected chi connectivity index (χ1v) is 3.78. The zero-order chi connectivity index (χ0) is 8.55. The first kappa shape index (κ1) is 7.10. The van der Waals surface area contributed by atoms with E-state index in [4.69, 9.17) is 0 Å². The van der Waals surface area contributed by atoms with E-state index in [0.717, 1.165) is 10.1 Å². The van der Waals surface area contributed by atoms with Gasteiger partial charge in [0.15, 0.2) is 5.69 Å². The monoisotopic (exact) mass is 158 g/mol. The van der Waals surface area contributed by atoms with E-state index >= 15 is 0 Å². The van der Waals surface area contributed by atoms with Crippen LogP contribution in [-0.2, 0) is 0 Å². The Morgan fingerprint density at radius 2 is 2.08 bits per heavy atom. The molecule has 2 rings (SSSR count). The molecule has 0 N–H and O–H groups in total. The summed E-state index contributed by atoms with van der Waals surface area (Å²) in [7, 11) is 0. The van der Waals surface area contributed by atoms with Gasteiger partial charge in [0.05, 0.1) is 6.07 Å². The summed E-state index contributed by atoms with van der Waals surface area (Å²) in [5.41, 5.74) is 1.31. The van der Waals surface area contributed by atoms with Crippen LogP contribution in [0, 0.1) is 18.2 Å². The summed E-state index contributed by atoms with van der Waals surface area (Å²) in [6.07, 6.45) is 0. The van der Waals surface area contributed by atoms with Crippen molar-refractivity contribution in [2.45, 2.75) is 6.92 Å². The molecule has 0 aliphatic carbocycles. The molecule has 2 aromatic rings. The van der Waals surface area contributed by atoms with E-state index in [1.54, 1.807) is 6.92 Å². The maximum atomic E-state index is 11.4. The van der Waals surface area contributed by atoms with Gasteiger partial charge in [-0.25, -0.2) is 0 Å². The molecule has 1 aromatic carbocycles. The summed E-state index contributed by atoms with van der Waals surface area (Å²) >= 11 is 0. The number of pyridine rings is 1. The van der Waals surface area contributed by atoms with E-state index in [1.807, 2.05) is 30.3 Å².